The number of nitrogens with one attached hydrogen (secondary N) is 2. The number of rotatable bonds is 5. The van der Waals surface area contributed by atoms with Crippen molar-refractivity contribution in [2.45, 2.75) is 51.0 Å². The third-order valence-electron chi connectivity index (χ3n) is 4.48. The summed E-state index contributed by atoms with van der Waals surface area (Å²) in [6.07, 6.45) is 1.69. The molecule has 0 saturated carbocycles. The molecule has 2 rings (SSSR count). The summed E-state index contributed by atoms with van der Waals surface area (Å²) in [7, 11) is -3.88. The Balaban J connectivity index is 2.06. The second-order valence-electron chi connectivity index (χ2n) is 8.58. The van der Waals surface area contributed by atoms with Gasteiger partial charge in [-0.1, -0.05) is 18.5 Å². The Morgan fingerprint density at radius 2 is 1.94 bits per heavy atom. The Kier molecular flexibility index (Phi) is 8.07. The van der Waals surface area contributed by atoms with Crippen LogP contribution in [0.15, 0.2) is 23.1 Å². The molecule has 1 aromatic rings. The lowest BCUT2D eigenvalue weighted by Crippen LogP contribution is -2.49. The van der Waals surface area contributed by atoms with E-state index in [-0.39, 0.29) is 21.4 Å². The Morgan fingerprint density at radius 3 is 2.55 bits per heavy atom. The Labute approximate surface area is 187 Å². The van der Waals surface area contributed by atoms with E-state index in [1.54, 1.807) is 20.8 Å². The number of benzene rings is 1. The molecule has 1 fully saturated rings. The topological polar surface area (TPSA) is 122 Å². The molecule has 0 radical (unpaired) electrons. The molecule has 0 spiro atoms. The molecular formula is C20H28ClN3O6S. The molecule has 172 valence electrons. The monoisotopic (exact) mass is 473 g/mol. The van der Waals surface area contributed by atoms with Gasteiger partial charge in [-0.25, -0.2) is 18.0 Å². The first-order chi connectivity index (χ1) is 14.3. The van der Waals surface area contributed by atoms with Crippen LogP contribution in [0.2, 0.25) is 5.02 Å². The predicted octanol–water partition coefficient (Wildman–Crippen LogP) is 2.54. The van der Waals surface area contributed by atoms with Crippen molar-refractivity contribution in [3.05, 3.63) is 28.8 Å². The molecule has 1 heterocycles. The molecular weight excluding hydrogens is 446 g/mol. The zero-order valence-electron chi connectivity index (χ0n) is 18.0. The lowest BCUT2D eigenvalue weighted by molar-refractivity contribution is -0.123. The van der Waals surface area contributed by atoms with Crippen LogP contribution in [0.25, 0.3) is 0 Å². The highest BCUT2D eigenvalue weighted by atomic mass is 35.5. The zero-order chi connectivity index (χ0) is 23.4. The Bertz CT molecular complexity index is 958. The van der Waals surface area contributed by atoms with Crippen LogP contribution in [-0.2, 0) is 19.6 Å². The van der Waals surface area contributed by atoms with Crippen molar-refractivity contribution in [2.24, 2.45) is 5.92 Å². The number of ether oxygens (including phenoxy) is 1. The lowest BCUT2D eigenvalue weighted by atomic mass is 10.0. The maximum absolute atomic E-state index is 13.0. The van der Waals surface area contributed by atoms with Gasteiger partial charge in [-0.15, -0.1) is 0 Å². The molecule has 9 nitrogen and oxygen atoms in total. The highest BCUT2D eigenvalue weighted by molar-refractivity contribution is 7.89. The summed E-state index contributed by atoms with van der Waals surface area (Å²) in [5.41, 5.74) is -0.613. The van der Waals surface area contributed by atoms with Crippen LogP contribution in [-0.4, -0.2) is 55.9 Å². The molecule has 1 saturated heterocycles. The van der Waals surface area contributed by atoms with Crippen molar-refractivity contribution in [1.82, 2.24) is 14.9 Å². The lowest BCUT2D eigenvalue weighted by Gasteiger charge is -2.30. The first-order valence-electron chi connectivity index (χ1n) is 9.88. The predicted molar refractivity (Wildman–Crippen MR) is 115 cm³/mol. The fraction of sp³-hybridized carbons (Fsp3) is 0.550. The molecule has 11 heteroatoms. The average Bonchev–Trinajstić information content (AvgIpc) is 2.64. The standard InChI is InChI=1S/C20H28ClN3O6S/c1-13-6-5-9-24(11-13)31(28,29)16-10-14(7-8-15(16)21)18(26)30-12-17(25)22-19(27)23-20(2,3)4/h7-8,10,13H,5-6,9,11-12H2,1-4H3,(H2,22,23,25,27)/t13-/m1/s1. The number of esters is 1. The number of sulfonamides is 1. The average molecular weight is 474 g/mol. The van der Waals surface area contributed by atoms with Gasteiger partial charge in [0, 0.05) is 18.6 Å². The van der Waals surface area contributed by atoms with Crippen LogP contribution in [0.1, 0.15) is 50.9 Å². The summed E-state index contributed by atoms with van der Waals surface area (Å²) in [4.78, 5) is 35.6. The van der Waals surface area contributed by atoms with Crippen LogP contribution in [0, 0.1) is 5.92 Å². The van der Waals surface area contributed by atoms with Gasteiger partial charge in [0.1, 0.15) is 4.90 Å². The fourth-order valence-corrected chi connectivity index (χ4v) is 5.18. The number of halogens is 1. The van der Waals surface area contributed by atoms with Gasteiger partial charge in [-0.2, -0.15) is 4.31 Å². The molecule has 0 bridgehead atoms. The number of hydrogen-bond donors (Lipinski definition) is 2. The third kappa shape index (κ3) is 7.19. The number of nitrogens with zero attached hydrogens (tertiary/aromatic N) is 1. The van der Waals surface area contributed by atoms with Gasteiger partial charge in [-0.05, 0) is 57.7 Å². The molecule has 0 unspecified atom stereocenters. The molecule has 2 N–H and O–H groups in total. The molecule has 1 aromatic carbocycles. The van der Waals surface area contributed by atoms with Crippen LogP contribution >= 0.6 is 11.6 Å². The number of urea groups is 1. The summed E-state index contributed by atoms with van der Waals surface area (Å²) < 4.78 is 32.3. The number of imide groups is 1. The smallest absolute Gasteiger partial charge is 0.338 e. The van der Waals surface area contributed by atoms with E-state index in [1.165, 1.54) is 16.4 Å². The minimum Gasteiger partial charge on any atom is -0.452 e. The highest BCUT2D eigenvalue weighted by Gasteiger charge is 2.31. The van der Waals surface area contributed by atoms with Gasteiger partial charge in [-0.3, -0.25) is 10.1 Å². The van der Waals surface area contributed by atoms with Crippen LogP contribution in [0.5, 0.6) is 0 Å². The van der Waals surface area contributed by atoms with Crippen LogP contribution in [0.3, 0.4) is 0 Å². The Morgan fingerprint density at radius 1 is 1.26 bits per heavy atom. The Hall–Kier alpha value is -2.17. The van der Waals surface area contributed by atoms with E-state index in [0.29, 0.717) is 13.1 Å². The van der Waals surface area contributed by atoms with Gasteiger partial charge < -0.3 is 10.1 Å². The molecule has 1 aliphatic rings. The summed E-state index contributed by atoms with van der Waals surface area (Å²) in [6, 6.07) is 3.04. The van der Waals surface area contributed by atoms with Crippen molar-refractivity contribution < 1.29 is 27.5 Å². The maximum Gasteiger partial charge on any atom is 0.338 e. The van der Waals surface area contributed by atoms with E-state index in [1.807, 2.05) is 12.2 Å². The number of carbonyl (C=O) groups excluding carboxylic acids is 3. The van der Waals surface area contributed by atoms with Gasteiger partial charge >= 0.3 is 12.0 Å². The molecule has 0 aliphatic carbocycles. The van der Waals surface area contributed by atoms with Gasteiger partial charge in [0.2, 0.25) is 10.0 Å². The van der Waals surface area contributed by atoms with Crippen molar-refractivity contribution in [3.63, 3.8) is 0 Å². The SMILES string of the molecule is C[C@@H]1CCCN(S(=O)(=O)c2cc(C(=O)OCC(=O)NC(=O)NC(C)(C)C)ccc2Cl)C1. The number of hydrogen-bond acceptors (Lipinski definition) is 6. The molecule has 1 aliphatic heterocycles. The third-order valence-corrected chi connectivity index (χ3v) is 6.83. The highest BCUT2D eigenvalue weighted by Crippen LogP contribution is 2.29. The second-order valence-corrected chi connectivity index (χ2v) is 10.9. The number of carbonyl (C=O) groups is 3. The fourth-order valence-electron chi connectivity index (χ4n) is 3.08. The van der Waals surface area contributed by atoms with Crippen molar-refractivity contribution >= 4 is 39.5 Å². The summed E-state index contributed by atoms with van der Waals surface area (Å²) in [5, 5.41) is 4.57. The van der Waals surface area contributed by atoms with E-state index in [4.69, 9.17) is 16.3 Å². The van der Waals surface area contributed by atoms with Gasteiger partial charge in [0.15, 0.2) is 6.61 Å². The number of amides is 3. The summed E-state index contributed by atoms with van der Waals surface area (Å²) in [6.45, 7) is 7.27. The molecule has 0 aromatic heterocycles. The van der Waals surface area contributed by atoms with E-state index < -0.39 is 40.1 Å². The van der Waals surface area contributed by atoms with Crippen LogP contribution in [0.4, 0.5) is 4.79 Å². The van der Waals surface area contributed by atoms with E-state index in [9.17, 15) is 22.8 Å². The molecule has 31 heavy (non-hydrogen) atoms. The first-order valence-corrected chi connectivity index (χ1v) is 11.7. The maximum atomic E-state index is 13.0. The van der Waals surface area contributed by atoms with Gasteiger partial charge in [0.25, 0.3) is 5.91 Å². The summed E-state index contributed by atoms with van der Waals surface area (Å²) >= 11 is 6.11. The quantitative estimate of drug-likeness (QED) is 0.633. The summed E-state index contributed by atoms with van der Waals surface area (Å²) in [5.74, 6) is -1.50. The van der Waals surface area contributed by atoms with Gasteiger partial charge in [0.05, 0.1) is 10.6 Å². The molecule has 1 atom stereocenters. The van der Waals surface area contributed by atoms with E-state index in [0.717, 1.165) is 18.9 Å². The minimum absolute atomic E-state index is 0.00799. The normalized spacial score (nSPS) is 17.6. The molecule has 3 amide bonds. The zero-order valence-corrected chi connectivity index (χ0v) is 19.6. The largest absolute Gasteiger partial charge is 0.452 e. The van der Waals surface area contributed by atoms with Crippen molar-refractivity contribution in [3.8, 4) is 0 Å². The second kappa shape index (κ2) is 9.97. The number of piperidine rings is 1. The van der Waals surface area contributed by atoms with E-state index in [2.05, 4.69) is 5.32 Å². The van der Waals surface area contributed by atoms with E-state index >= 15 is 0 Å². The first kappa shape index (κ1) is 25.1. The van der Waals surface area contributed by atoms with Crippen molar-refractivity contribution in [1.29, 1.82) is 0 Å². The van der Waals surface area contributed by atoms with Crippen LogP contribution < -0.4 is 10.6 Å². The minimum atomic E-state index is -3.88. The van der Waals surface area contributed by atoms with Crippen molar-refractivity contribution in [2.75, 3.05) is 19.7 Å².